The van der Waals surface area contributed by atoms with Crippen molar-refractivity contribution in [3.63, 3.8) is 0 Å². The van der Waals surface area contributed by atoms with Crippen LogP contribution in [0.25, 0.3) is 0 Å². The fourth-order valence-corrected chi connectivity index (χ4v) is 2.80. The normalized spacial score (nSPS) is 28.6. The number of aliphatic hydroxyl groups excluding tert-OH is 1. The average Bonchev–Trinajstić information content (AvgIpc) is 2.68. The molecule has 2 rings (SSSR count). The number of aliphatic hydroxyl groups is 2. The number of β-amino-alcohol motifs (C(OH)–C–C–N with tert-alkyl or cyclic N) is 1. The predicted molar refractivity (Wildman–Crippen MR) is 71.1 cm³/mol. The Morgan fingerprint density at radius 1 is 1.39 bits per heavy atom. The van der Waals surface area contributed by atoms with Crippen molar-refractivity contribution >= 4 is 7.05 Å². The van der Waals surface area contributed by atoms with E-state index >= 15 is 0 Å². The summed E-state index contributed by atoms with van der Waals surface area (Å²) in [5.41, 5.74) is 0.204. The number of nitrogens with zero attached hydrogens (tertiary/aromatic N) is 1. The van der Waals surface area contributed by atoms with E-state index in [0.717, 1.165) is 5.56 Å². The molecule has 1 aliphatic heterocycles. The number of hydrogen-bond acceptors (Lipinski definition) is 4. The second-order valence-corrected chi connectivity index (χ2v) is 5.23. The van der Waals surface area contributed by atoms with E-state index in [1.165, 1.54) is 0 Å². The van der Waals surface area contributed by atoms with Gasteiger partial charge in [-0.2, -0.15) is 0 Å². The van der Waals surface area contributed by atoms with Crippen LogP contribution in [0.4, 0.5) is 0 Å². The Labute approximate surface area is 108 Å². The first-order valence-corrected chi connectivity index (χ1v) is 6.35. The molecular weight excluding hydrogens is 229 g/mol. The molecule has 1 aliphatic rings. The molecule has 1 fully saturated rings. The molecule has 0 spiro atoms. The number of benzene rings is 1. The summed E-state index contributed by atoms with van der Waals surface area (Å²) >= 11 is 0. The molecule has 0 aliphatic carbocycles. The minimum atomic E-state index is -0.869. The SMILES string of the molecule is CB(O)N1CC(O)(Cc2ccccc2)CC1CO. The summed E-state index contributed by atoms with van der Waals surface area (Å²) in [5.74, 6) is 0. The molecule has 1 aromatic rings. The molecular formula is C13H20BNO3. The van der Waals surface area contributed by atoms with Crippen LogP contribution >= 0.6 is 0 Å². The van der Waals surface area contributed by atoms with Crippen LogP contribution in [0.5, 0.6) is 0 Å². The lowest BCUT2D eigenvalue weighted by Crippen LogP contribution is -2.44. The van der Waals surface area contributed by atoms with Gasteiger partial charge in [0.25, 0.3) is 0 Å². The molecule has 1 heterocycles. The van der Waals surface area contributed by atoms with Gasteiger partial charge in [0.05, 0.1) is 12.2 Å². The molecule has 18 heavy (non-hydrogen) atoms. The van der Waals surface area contributed by atoms with Crippen LogP contribution < -0.4 is 0 Å². The second-order valence-electron chi connectivity index (χ2n) is 5.23. The van der Waals surface area contributed by atoms with Gasteiger partial charge in [-0.05, 0) is 18.8 Å². The molecule has 2 unspecified atom stereocenters. The van der Waals surface area contributed by atoms with E-state index in [1.807, 2.05) is 30.3 Å². The van der Waals surface area contributed by atoms with Gasteiger partial charge in [0.1, 0.15) is 0 Å². The molecule has 0 saturated carbocycles. The van der Waals surface area contributed by atoms with Crippen molar-refractivity contribution in [2.75, 3.05) is 13.2 Å². The van der Waals surface area contributed by atoms with Crippen LogP contribution in [0.15, 0.2) is 30.3 Å². The van der Waals surface area contributed by atoms with Gasteiger partial charge < -0.3 is 20.0 Å². The third-order valence-corrected chi connectivity index (χ3v) is 3.63. The highest BCUT2D eigenvalue weighted by atomic mass is 16.3. The Hall–Kier alpha value is -0.875. The first-order chi connectivity index (χ1) is 8.54. The Bertz CT molecular complexity index is 387. The maximum absolute atomic E-state index is 10.6. The van der Waals surface area contributed by atoms with Gasteiger partial charge in [0.2, 0.25) is 0 Å². The summed E-state index contributed by atoms with van der Waals surface area (Å²) in [6.45, 7) is 2.02. The molecule has 5 heteroatoms. The van der Waals surface area contributed by atoms with Gasteiger partial charge in [-0.3, -0.25) is 0 Å². The molecule has 98 valence electrons. The topological polar surface area (TPSA) is 63.9 Å². The Kier molecular flexibility index (Phi) is 4.07. The van der Waals surface area contributed by atoms with Crippen molar-refractivity contribution in [2.24, 2.45) is 0 Å². The fraction of sp³-hybridized carbons (Fsp3) is 0.538. The summed E-state index contributed by atoms with van der Waals surface area (Å²) in [7, 11) is -0.646. The highest BCUT2D eigenvalue weighted by Crippen LogP contribution is 2.30. The molecule has 3 N–H and O–H groups in total. The second kappa shape index (κ2) is 5.40. The van der Waals surface area contributed by atoms with Gasteiger partial charge in [-0.25, -0.2) is 0 Å². The number of hydrogen-bond donors (Lipinski definition) is 3. The molecule has 1 aromatic carbocycles. The van der Waals surface area contributed by atoms with Crippen LogP contribution in [0.2, 0.25) is 6.82 Å². The van der Waals surface area contributed by atoms with Crippen molar-refractivity contribution in [3.8, 4) is 0 Å². The third kappa shape index (κ3) is 2.92. The number of rotatable bonds is 4. The van der Waals surface area contributed by atoms with Crippen LogP contribution in [0.3, 0.4) is 0 Å². The first kappa shape index (κ1) is 13.6. The van der Waals surface area contributed by atoms with E-state index in [1.54, 1.807) is 11.6 Å². The fourth-order valence-electron chi connectivity index (χ4n) is 2.80. The van der Waals surface area contributed by atoms with Gasteiger partial charge in [0.15, 0.2) is 0 Å². The highest BCUT2D eigenvalue weighted by Gasteiger charge is 2.44. The van der Waals surface area contributed by atoms with Crippen molar-refractivity contribution in [1.29, 1.82) is 0 Å². The monoisotopic (exact) mass is 249 g/mol. The summed E-state index contributed by atoms with van der Waals surface area (Å²) in [6.07, 6.45) is 1.04. The molecule has 0 radical (unpaired) electrons. The molecule has 2 atom stereocenters. The summed E-state index contributed by atoms with van der Waals surface area (Å²) in [4.78, 5) is 1.75. The molecule has 0 aromatic heterocycles. The van der Waals surface area contributed by atoms with E-state index in [-0.39, 0.29) is 12.6 Å². The minimum absolute atomic E-state index is 0.0397. The molecule has 0 bridgehead atoms. The zero-order valence-electron chi connectivity index (χ0n) is 10.7. The van der Waals surface area contributed by atoms with Crippen LogP contribution in [0, 0.1) is 0 Å². The van der Waals surface area contributed by atoms with Gasteiger partial charge >= 0.3 is 7.05 Å². The first-order valence-electron chi connectivity index (χ1n) is 6.35. The summed E-state index contributed by atoms with van der Waals surface area (Å²) in [6, 6.07) is 9.64. The van der Waals surface area contributed by atoms with Crippen LogP contribution in [-0.4, -0.2) is 51.9 Å². The predicted octanol–water partition coefficient (Wildman–Crippen LogP) is 0.137. The Balaban J connectivity index is 2.09. The van der Waals surface area contributed by atoms with E-state index in [0.29, 0.717) is 19.4 Å². The highest BCUT2D eigenvalue weighted by molar-refractivity contribution is 6.45. The zero-order valence-corrected chi connectivity index (χ0v) is 10.7. The van der Waals surface area contributed by atoms with Gasteiger partial charge in [-0.15, -0.1) is 0 Å². The van der Waals surface area contributed by atoms with Crippen molar-refractivity contribution in [3.05, 3.63) is 35.9 Å². The summed E-state index contributed by atoms with van der Waals surface area (Å²) in [5, 5.41) is 29.6. The summed E-state index contributed by atoms with van der Waals surface area (Å²) < 4.78 is 0. The lowest BCUT2D eigenvalue weighted by Gasteiger charge is -2.24. The van der Waals surface area contributed by atoms with Crippen molar-refractivity contribution in [1.82, 2.24) is 4.81 Å². The zero-order chi connectivity index (χ0) is 13.2. The molecule has 1 saturated heterocycles. The van der Waals surface area contributed by atoms with Crippen LogP contribution in [0.1, 0.15) is 12.0 Å². The van der Waals surface area contributed by atoms with E-state index < -0.39 is 12.7 Å². The van der Waals surface area contributed by atoms with Crippen LogP contribution in [-0.2, 0) is 6.42 Å². The van der Waals surface area contributed by atoms with Gasteiger partial charge in [-0.1, -0.05) is 30.3 Å². The Morgan fingerprint density at radius 3 is 2.56 bits per heavy atom. The largest absolute Gasteiger partial charge is 0.437 e. The van der Waals surface area contributed by atoms with Crippen molar-refractivity contribution in [2.45, 2.75) is 31.3 Å². The molecule has 4 nitrogen and oxygen atoms in total. The van der Waals surface area contributed by atoms with E-state index in [2.05, 4.69) is 0 Å². The Morgan fingerprint density at radius 2 is 2.06 bits per heavy atom. The average molecular weight is 249 g/mol. The minimum Gasteiger partial charge on any atom is -0.437 e. The third-order valence-electron chi connectivity index (χ3n) is 3.63. The van der Waals surface area contributed by atoms with E-state index in [4.69, 9.17) is 0 Å². The lowest BCUT2D eigenvalue weighted by atomic mass is 9.84. The van der Waals surface area contributed by atoms with Gasteiger partial charge in [0, 0.05) is 19.0 Å². The smallest absolute Gasteiger partial charge is 0.376 e. The maximum Gasteiger partial charge on any atom is 0.376 e. The molecule has 0 amide bonds. The quantitative estimate of drug-likeness (QED) is 0.664. The van der Waals surface area contributed by atoms with Crippen molar-refractivity contribution < 1.29 is 15.2 Å². The lowest BCUT2D eigenvalue weighted by molar-refractivity contribution is 0.0534. The maximum atomic E-state index is 10.6. The standard InChI is InChI=1S/C13H20BNO3/c1-14(18)15-10-13(17,8-12(15)9-16)7-11-5-3-2-4-6-11/h2-6,12,16-18H,7-10H2,1H3. The van der Waals surface area contributed by atoms with E-state index in [9.17, 15) is 15.2 Å².